The van der Waals surface area contributed by atoms with Crippen LogP contribution in [0, 0.1) is 72.8 Å². The Morgan fingerprint density at radius 1 is 0.183 bits per heavy atom. The first-order chi connectivity index (χ1) is 59.1. The fourth-order valence-electron chi connectivity index (χ4n) is 17.1. The monoisotopic (exact) mass is 2630 g/mol. The van der Waals surface area contributed by atoms with Crippen LogP contribution in [-0.4, -0.2) is 27.4 Å². The van der Waals surface area contributed by atoms with Gasteiger partial charge in [-0.15, -0.1) is 83.6 Å². The fraction of sp³-hybridized carbons (Fsp3) is 0.0526. The van der Waals surface area contributed by atoms with E-state index in [9.17, 15) is 0 Å². The summed E-state index contributed by atoms with van der Waals surface area (Å²) in [5, 5.41) is 15.2. The van der Waals surface area contributed by atoms with E-state index in [0.29, 0.717) is 0 Å². The minimum Gasteiger partial charge on any atom is -0.392 e. The van der Waals surface area contributed by atoms with Crippen molar-refractivity contribution in [1.82, 2.24) is 27.4 Å². The Hall–Kier alpha value is -11.1. The maximum atomic E-state index is 3.55. The summed E-state index contributed by atoms with van der Waals surface area (Å²) in [6.07, 6.45) is 0. The second-order valence-electron chi connectivity index (χ2n) is 29.9. The number of aromatic nitrogens is 6. The van der Waals surface area contributed by atoms with Gasteiger partial charge in [0.2, 0.25) is 0 Å². The van der Waals surface area contributed by atoms with E-state index >= 15 is 0 Å². The molecule has 126 heavy (non-hydrogen) atoms. The average molecular weight is 2630 g/mol. The van der Waals surface area contributed by atoms with E-state index in [4.69, 9.17) is 0 Å². The summed E-state index contributed by atoms with van der Waals surface area (Å²) in [6.45, 7) is 0. The van der Waals surface area contributed by atoms with Crippen molar-refractivity contribution >= 4 is 131 Å². The van der Waals surface area contributed by atoms with Crippen LogP contribution >= 0.6 is 0 Å². The van der Waals surface area contributed by atoms with Crippen LogP contribution < -0.4 is 0 Å². The van der Waals surface area contributed by atoms with Crippen LogP contribution in [0.4, 0.5) is 0 Å². The smallest absolute Gasteiger partial charge is 0.392 e. The second kappa shape index (κ2) is 41.6. The summed E-state index contributed by atoms with van der Waals surface area (Å²) in [4.78, 5) is 0. The van der Waals surface area contributed by atoms with Gasteiger partial charge >= 0.3 is 126 Å². The van der Waals surface area contributed by atoms with Gasteiger partial charge in [-0.05, 0) is 90.9 Å². The molecule has 0 aliphatic carbocycles. The summed E-state index contributed by atoms with van der Waals surface area (Å²) in [7, 11) is 12.6. The van der Waals surface area contributed by atoms with Gasteiger partial charge < -0.3 is 27.4 Å². The molecule has 0 amide bonds. The maximum absolute atomic E-state index is 3.55. The third kappa shape index (κ3) is 18.2. The minimum atomic E-state index is 0. The largest absolute Gasteiger partial charge is 2.00 e. The van der Waals surface area contributed by atoms with E-state index in [2.05, 4.69) is 385 Å². The topological polar surface area (TPSA) is 29.6 Å². The van der Waals surface area contributed by atoms with Crippen LogP contribution in [0.25, 0.3) is 198 Å². The van der Waals surface area contributed by atoms with Crippen molar-refractivity contribution in [1.29, 1.82) is 0 Å². The Kier molecular flexibility index (Phi) is 30.5. The molecule has 6 nitrogen and oxygen atoms in total. The molecule has 0 aliphatic rings. The molecule has 0 fully saturated rings. The first kappa shape index (κ1) is 92.6. The number of para-hydroxylation sites is 6. The van der Waals surface area contributed by atoms with E-state index in [1.54, 1.807) is 0 Å². The molecule has 0 spiro atoms. The zero-order chi connectivity index (χ0) is 81.2. The van der Waals surface area contributed by atoms with Gasteiger partial charge in [-0.2, -0.15) is 224 Å². The molecule has 0 radical (unpaired) electrons. The molecule has 0 saturated heterocycles. The Balaban J connectivity index is 0.000000128. The van der Waals surface area contributed by atoms with Crippen LogP contribution in [0.5, 0.6) is 0 Å². The van der Waals surface area contributed by atoms with Crippen molar-refractivity contribution in [3.05, 3.63) is 437 Å². The third-order valence-corrected chi connectivity index (χ3v) is 23.0. The molecule has 12 heteroatoms. The Morgan fingerprint density at radius 2 is 0.548 bits per heavy atom. The van der Waals surface area contributed by atoms with Gasteiger partial charge in [0, 0.05) is 75.4 Å². The van der Waals surface area contributed by atoms with Crippen LogP contribution in [0.2, 0.25) is 0 Å². The molecule has 0 unspecified atom stereocenters. The molecule has 24 aromatic rings. The van der Waals surface area contributed by atoms with Crippen molar-refractivity contribution in [3.63, 3.8) is 0 Å². The fourth-order valence-corrected chi connectivity index (χ4v) is 17.1. The summed E-state index contributed by atoms with van der Waals surface area (Å²) < 4.78 is 13.4. The van der Waals surface area contributed by atoms with Crippen molar-refractivity contribution in [3.8, 4) is 66.8 Å². The van der Waals surface area contributed by atoms with E-state index in [1.807, 2.05) is 121 Å². The number of aryl methyl sites for hydroxylation is 6. The molecule has 6 heterocycles. The molecule has 0 aliphatic heterocycles. The minimum absolute atomic E-state index is 0. The molecule has 18 aromatic carbocycles. The van der Waals surface area contributed by atoms with Crippen LogP contribution in [0.3, 0.4) is 0 Å². The number of benzene rings is 18. The van der Waals surface area contributed by atoms with E-state index in [-0.39, 0.29) is 126 Å². The molecular weight excluding hydrogens is 2560 g/mol. The number of nitrogens with zero attached hydrogens (tertiary/aromatic N) is 6. The molecule has 24 rings (SSSR count). The number of rotatable bonds is 6. The van der Waals surface area contributed by atoms with Gasteiger partial charge in [0.05, 0.1) is 0 Å². The predicted octanol–water partition coefficient (Wildman–Crippen LogP) is 27.6. The van der Waals surface area contributed by atoms with Gasteiger partial charge in [-0.1, -0.05) is 142 Å². The quantitative estimate of drug-likeness (QED) is 0.149. The van der Waals surface area contributed by atoms with Crippen molar-refractivity contribution in [2.45, 2.75) is 0 Å². The molecule has 0 atom stereocenters. The van der Waals surface area contributed by atoms with Crippen LogP contribution in [-0.2, 0) is 169 Å². The molecule has 600 valence electrons. The number of hydrogen-bond donors (Lipinski definition) is 0. The van der Waals surface area contributed by atoms with Crippen molar-refractivity contribution in [2.24, 2.45) is 42.3 Å². The van der Waals surface area contributed by atoms with Gasteiger partial charge in [-0.25, -0.2) is 61.2 Å². The number of fused-ring (bicyclic) bond motifs is 18. The Bertz CT molecular complexity index is 7500. The third-order valence-electron chi connectivity index (χ3n) is 23.0. The van der Waals surface area contributed by atoms with Gasteiger partial charge in [0.1, 0.15) is 0 Å². The Labute approximate surface area is 821 Å². The SMILES string of the molecule is Cn1c2[c-]c(-c3[c-]cccc3)ccc2c2ccccc21.Cn1c2c[c-]c(-c3[c-]cccc3)cc2c2ccccc21.Cn1c2ccc(-c3[c-]cccc3)[c-]c2c2ccccc21.Cn1c2ccccc2c2c(-c3[c-]cccc3)[c-]ccc21.Cn1c2ccccc2c2c[c-]c(-c3[c-]cccc3)cc21.Cn1c2ccccc2c2cc[c-]c(-c3[c-]cccc3)c21.[W+2].[W+2].[W+2].[W+2].[W+2].[W+2]. The molecule has 0 N–H and O–H groups in total. The summed E-state index contributed by atoms with van der Waals surface area (Å²) in [5.74, 6) is 0. The predicted molar refractivity (Wildman–Crippen MR) is 501 cm³/mol. The molecular formula is C114H78N6W6. The summed E-state index contributed by atoms with van der Waals surface area (Å²) >= 11 is 0. The first-order valence-electron chi connectivity index (χ1n) is 40.2. The van der Waals surface area contributed by atoms with Crippen molar-refractivity contribution < 1.29 is 126 Å². The second-order valence-corrected chi connectivity index (χ2v) is 29.9. The zero-order valence-electron chi connectivity index (χ0n) is 69.8. The first-order valence-corrected chi connectivity index (χ1v) is 40.2. The maximum Gasteiger partial charge on any atom is 2.00 e. The molecule has 0 saturated carbocycles. The van der Waals surface area contributed by atoms with E-state index in [0.717, 1.165) is 72.3 Å². The normalized spacial score (nSPS) is 10.7. The van der Waals surface area contributed by atoms with Crippen LogP contribution in [0.15, 0.2) is 364 Å². The molecule has 6 aromatic heterocycles. The van der Waals surface area contributed by atoms with Crippen molar-refractivity contribution in [2.75, 3.05) is 0 Å². The summed E-state index contributed by atoms with van der Waals surface area (Å²) in [6, 6.07) is 165. The van der Waals surface area contributed by atoms with E-state index < -0.39 is 0 Å². The zero-order valence-corrected chi connectivity index (χ0v) is 87.4. The van der Waals surface area contributed by atoms with E-state index in [1.165, 1.54) is 125 Å². The Morgan fingerprint density at radius 3 is 1.08 bits per heavy atom. The van der Waals surface area contributed by atoms with Gasteiger partial charge in [0.15, 0.2) is 0 Å². The standard InChI is InChI=1S/6C19H13N.6W/c1-20-18-13-6-5-10-16(18)17-12-7-11-15(19(17)20)14-8-3-2-4-9-14;1-20-17-12-6-5-10-16(17)19-15(11-7-13-18(19)20)14-8-3-2-4-9-14;2*1-20-18-10-6-5-9-16(18)17-13-15(11-12-19(17)20)14-7-3-2-4-8-14;2*1-20-18-10-6-5-9-16(18)17-12-11-15(13-19(17)20)14-7-3-2-4-8-14;;;;;;/h2*2-8,10,12-13H,1H3;2-7,9-10,12-13H,1H3;2-7,9-12H,1H3;2-7,9-10,12-13H,1H3;2-7,9-12H,1H3;;;;;;/q6*-2;6*+2. The molecule has 0 bridgehead atoms. The van der Waals surface area contributed by atoms with Crippen LogP contribution in [0.1, 0.15) is 0 Å². The number of hydrogen-bond acceptors (Lipinski definition) is 0. The van der Waals surface area contributed by atoms with Gasteiger partial charge in [-0.3, -0.25) is 0 Å². The van der Waals surface area contributed by atoms with Gasteiger partial charge in [0.25, 0.3) is 0 Å². The average Bonchev–Trinajstić information content (AvgIpc) is 1.51. The summed E-state index contributed by atoms with van der Waals surface area (Å²) in [5.41, 5.74) is 27.9.